The molecule has 5 rings (SSSR count). The van der Waals surface area contributed by atoms with E-state index in [1.165, 1.54) is 17.3 Å². The molecule has 5 aromatic rings. The van der Waals surface area contributed by atoms with Crippen molar-refractivity contribution in [1.82, 2.24) is 15.1 Å². The smallest absolute Gasteiger partial charge is 0.280 e. The zero-order valence-electron chi connectivity index (χ0n) is 20.1. The van der Waals surface area contributed by atoms with Gasteiger partial charge in [-0.15, -0.1) is 11.3 Å². The highest BCUT2D eigenvalue weighted by Gasteiger charge is 2.18. The van der Waals surface area contributed by atoms with Gasteiger partial charge in [-0.25, -0.2) is 14.4 Å². The zero-order chi connectivity index (χ0) is 25.2. The number of aryl methyl sites for hydroxylation is 2. The van der Waals surface area contributed by atoms with Crippen molar-refractivity contribution in [2.75, 3.05) is 18.5 Å². The molecule has 0 fully saturated rings. The molecule has 0 saturated carbocycles. The Kier molecular flexibility index (Phi) is 6.56. The number of thiophene rings is 1. The molecule has 9 heteroatoms. The van der Waals surface area contributed by atoms with Crippen molar-refractivity contribution in [2.45, 2.75) is 27.2 Å². The van der Waals surface area contributed by atoms with Crippen molar-refractivity contribution >= 4 is 27.2 Å². The van der Waals surface area contributed by atoms with Crippen LogP contribution in [0, 0.1) is 19.7 Å². The molecule has 0 saturated heterocycles. The number of hydrogen-bond donors (Lipinski definition) is 2. The quantitative estimate of drug-likeness (QED) is 0.265. The molecule has 0 aliphatic carbocycles. The van der Waals surface area contributed by atoms with Crippen LogP contribution >= 0.6 is 11.3 Å². The molecule has 3 aromatic heterocycles. The molecule has 2 aromatic carbocycles. The van der Waals surface area contributed by atoms with E-state index >= 15 is 0 Å². The van der Waals surface area contributed by atoms with Gasteiger partial charge in [0.05, 0.1) is 23.9 Å². The molecule has 0 aliphatic rings. The number of aromatic amines is 1. The maximum absolute atomic E-state index is 14.0. The second kappa shape index (κ2) is 9.94. The summed E-state index contributed by atoms with van der Waals surface area (Å²) in [5, 5.41) is 6.67. The molecule has 0 amide bonds. The average Bonchev–Trinajstić information content (AvgIpc) is 3.43. The standard InChI is InChI=1S/C27H25FN4O3S/c1-4-34-26-19(6-5-7-20(26)23-13-25(33)32-35-23)22-12-24(31-14-30-22)29-9-8-18-16(3)36-27-15(2)10-17(28)11-21(18)27/h5-7,10-14H,4,8-9H2,1-3H3,(H,32,33)(H,29,30,31). The van der Waals surface area contributed by atoms with E-state index in [0.717, 1.165) is 33.2 Å². The Morgan fingerprint density at radius 3 is 2.75 bits per heavy atom. The summed E-state index contributed by atoms with van der Waals surface area (Å²) in [6, 6.07) is 12.1. The molecule has 0 radical (unpaired) electrons. The SMILES string of the molecule is CCOc1c(-c2cc(NCCc3c(C)sc4c(C)cc(F)cc34)ncn2)cccc1-c1cc(=O)[nH]o1. The minimum absolute atomic E-state index is 0.210. The van der Waals surface area contributed by atoms with E-state index in [2.05, 4.69) is 27.4 Å². The van der Waals surface area contributed by atoms with Crippen LogP contribution in [0.2, 0.25) is 0 Å². The number of rotatable bonds is 8. The van der Waals surface area contributed by atoms with E-state index < -0.39 is 0 Å². The summed E-state index contributed by atoms with van der Waals surface area (Å²) in [5.74, 6) is 1.42. The van der Waals surface area contributed by atoms with Gasteiger partial charge in [0.15, 0.2) is 5.76 Å². The number of aromatic nitrogens is 3. The number of benzene rings is 2. The van der Waals surface area contributed by atoms with Gasteiger partial charge in [-0.1, -0.05) is 6.07 Å². The summed E-state index contributed by atoms with van der Waals surface area (Å²) >= 11 is 1.70. The normalized spacial score (nSPS) is 11.2. The number of halogens is 1. The average molecular weight is 505 g/mol. The maximum Gasteiger partial charge on any atom is 0.280 e. The molecule has 7 nitrogen and oxygen atoms in total. The van der Waals surface area contributed by atoms with Crippen LogP contribution in [0.15, 0.2) is 58.1 Å². The van der Waals surface area contributed by atoms with Crippen LogP contribution in [0.1, 0.15) is 22.9 Å². The summed E-state index contributed by atoms with van der Waals surface area (Å²) < 4.78 is 26.4. The van der Waals surface area contributed by atoms with Crippen molar-refractivity contribution in [3.05, 3.63) is 81.0 Å². The molecule has 2 N–H and O–H groups in total. The van der Waals surface area contributed by atoms with Crippen LogP contribution < -0.4 is 15.6 Å². The molecule has 184 valence electrons. The minimum Gasteiger partial charge on any atom is -0.492 e. The molecule has 0 unspecified atom stereocenters. The summed E-state index contributed by atoms with van der Waals surface area (Å²) in [4.78, 5) is 21.6. The van der Waals surface area contributed by atoms with Crippen molar-refractivity contribution in [3.63, 3.8) is 0 Å². The van der Waals surface area contributed by atoms with Crippen LogP contribution in [0.3, 0.4) is 0 Å². The lowest BCUT2D eigenvalue weighted by Crippen LogP contribution is -2.07. The Morgan fingerprint density at radius 1 is 1.14 bits per heavy atom. The number of nitrogens with one attached hydrogen (secondary N) is 2. The van der Waals surface area contributed by atoms with Gasteiger partial charge in [-0.3, -0.25) is 4.79 Å². The minimum atomic E-state index is -0.321. The molecule has 0 aliphatic heterocycles. The Hall–Kier alpha value is -3.98. The van der Waals surface area contributed by atoms with E-state index in [0.29, 0.717) is 41.7 Å². The highest BCUT2D eigenvalue weighted by Crippen LogP contribution is 2.38. The van der Waals surface area contributed by atoms with E-state index in [-0.39, 0.29) is 11.4 Å². The summed E-state index contributed by atoms with van der Waals surface area (Å²) in [5.41, 5.74) is 3.88. The largest absolute Gasteiger partial charge is 0.492 e. The van der Waals surface area contributed by atoms with Gasteiger partial charge in [-0.05, 0) is 68.0 Å². The van der Waals surface area contributed by atoms with E-state index in [1.54, 1.807) is 23.5 Å². The molecule has 0 atom stereocenters. The third-order valence-electron chi connectivity index (χ3n) is 5.96. The van der Waals surface area contributed by atoms with Gasteiger partial charge >= 0.3 is 0 Å². The van der Waals surface area contributed by atoms with E-state index in [4.69, 9.17) is 9.26 Å². The van der Waals surface area contributed by atoms with Crippen LogP contribution in [0.5, 0.6) is 5.75 Å². The summed E-state index contributed by atoms with van der Waals surface area (Å²) in [7, 11) is 0. The number of nitrogens with zero attached hydrogens (tertiary/aromatic N) is 2. The number of anilines is 1. The number of hydrogen-bond acceptors (Lipinski definition) is 7. The molecule has 36 heavy (non-hydrogen) atoms. The predicted molar refractivity (Wildman–Crippen MR) is 140 cm³/mol. The number of ether oxygens (including phenoxy) is 1. The lowest BCUT2D eigenvalue weighted by molar-refractivity contribution is 0.340. The first-order chi connectivity index (χ1) is 17.4. The first-order valence-corrected chi connectivity index (χ1v) is 12.5. The van der Waals surface area contributed by atoms with Crippen molar-refractivity contribution in [2.24, 2.45) is 0 Å². The fourth-order valence-electron chi connectivity index (χ4n) is 4.37. The lowest BCUT2D eigenvalue weighted by Gasteiger charge is -2.14. The van der Waals surface area contributed by atoms with E-state index in [9.17, 15) is 9.18 Å². The monoisotopic (exact) mass is 504 g/mol. The Balaban J connectivity index is 1.40. The fraction of sp³-hybridized carbons (Fsp3) is 0.222. The lowest BCUT2D eigenvalue weighted by atomic mass is 10.0. The number of H-pyrrole nitrogens is 1. The third kappa shape index (κ3) is 4.61. The van der Waals surface area contributed by atoms with Crippen LogP contribution in [0.4, 0.5) is 10.2 Å². The summed E-state index contributed by atoms with van der Waals surface area (Å²) in [6.07, 6.45) is 2.24. The zero-order valence-corrected chi connectivity index (χ0v) is 21.0. The predicted octanol–water partition coefficient (Wildman–Crippen LogP) is 6.12. The molecule has 0 bridgehead atoms. The Labute approximate surface area is 211 Å². The molecule has 0 spiro atoms. The molecular weight excluding hydrogens is 479 g/mol. The van der Waals surface area contributed by atoms with E-state index in [1.807, 2.05) is 38.1 Å². The van der Waals surface area contributed by atoms with Crippen molar-refractivity contribution in [3.8, 4) is 28.3 Å². The van der Waals surface area contributed by atoms with Crippen LogP contribution in [-0.2, 0) is 6.42 Å². The Morgan fingerprint density at radius 2 is 1.97 bits per heavy atom. The highest BCUT2D eigenvalue weighted by atomic mass is 32.1. The van der Waals surface area contributed by atoms with Crippen LogP contribution in [-0.4, -0.2) is 28.3 Å². The topological polar surface area (TPSA) is 93.0 Å². The second-order valence-electron chi connectivity index (χ2n) is 8.39. The van der Waals surface area contributed by atoms with Gasteiger partial charge < -0.3 is 14.6 Å². The second-order valence-corrected chi connectivity index (χ2v) is 9.62. The Bertz CT molecular complexity index is 1600. The highest BCUT2D eigenvalue weighted by molar-refractivity contribution is 7.19. The third-order valence-corrected chi connectivity index (χ3v) is 7.26. The molecular formula is C27H25FN4O3S. The van der Waals surface area contributed by atoms with Crippen molar-refractivity contribution < 1.29 is 13.7 Å². The van der Waals surface area contributed by atoms with Gasteiger partial charge in [0.1, 0.15) is 23.7 Å². The van der Waals surface area contributed by atoms with Gasteiger partial charge in [0.25, 0.3) is 5.56 Å². The number of para-hydroxylation sites is 1. The van der Waals surface area contributed by atoms with Gasteiger partial charge in [-0.2, -0.15) is 5.16 Å². The van der Waals surface area contributed by atoms with Crippen LogP contribution in [0.25, 0.3) is 32.7 Å². The van der Waals surface area contributed by atoms with Gasteiger partial charge in [0.2, 0.25) is 0 Å². The number of fused-ring (bicyclic) bond motifs is 1. The fourth-order valence-corrected chi connectivity index (χ4v) is 5.52. The van der Waals surface area contributed by atoms with Gasteiger partial charge in [0, 0.05) is 27.8 Å². The van der Waals surface area contributed by atoms with Crippen molar-refractivity contribution in [1.29, 1.82) is 0 Å². The maximum atomic E-state index is 14.0. The first-order valence-electron chi connectivity index (χ1n) is 11.6. The summed E-state index contributed by atoms with van der Waals surface area (Å²) in [6.45, 7) is 6.98. The molecule has 3 heterocycles. The first kappa shape index (κ1) is 23.7.